The fraction of sp³-hybridized carbons (Fsp3) is 0.562. The number of nitrogens with one attached hydrogen (secondary N) is 1. The zero-order valence-electron chi connectivity index (χ0n) is 13.6. The summed E-state index contributed by atoms with van der Waals surface area (Å²) in [5.74, 6) is 0. The first-order valence-electron chi connectivity index (χ1n) is 7.39. The molecule has 1 aliphatic heterocycles. The maximum atomic E-state index is 12.5. The van der Waals surface area contributed by atoms with Crippen molar-refractivity contribution in [1.82, 2.24) is 5.32 Å². The molecule has 1 N–H and O–H groups in total. The molecule has 1 aliphatic rings. The number of hydrogen-bond acceptors (Lipinski definition) is 4. The number of carbonyl (C=O) groups is 1. The molecule has 0 bridgehead atoms. The van der Waals surface area contributed by atoms with E-state index in [9.17, 15) is 13.6 Å². The average Bonchev–Trinajstić information content (AvgIpc) is 2.47. The van der Waals surface area contributed by atoms with E-state index in [0.717, 1.165) is 36.3 Å². The Labute approximate surface area is 144 Å². The van der Waals surface area contributed by atoms with Gasteiger partial charge in [-0.1, -0.05) is 6.07 Å². The Kier molecular flexibility index (Phi) is 7.91. The minimum absolute atomic E-state index is 0.0609. The Morgan fingerprint density at radius 2 is 1.91 bits per heavy atom. The van der Waals surface area contributed by atoms with Crippen LogP contribution < -0.4 is 10.2 Å². The standard InChI is InChI=1S/C11H13BrF2N2.C5H10O2/c12-9-7-8(11(13)14)1-2-10(9)16-5-3-15-4-6-16;1-5(2,3)7-4-6/h1-2,7,11,15H,3-6H2;4H,1-3H3. The van der Waals surface area contributed by atoms with E-state index in [4.69, 9.17) is 0 Å². The molecule has 130 valence electrons. The number of benzene rings is 1. The predicted molar refractivity (Wildman–Crippen MR) is 91.1 cm³/mol. The van der Waals surface area contributed by atoms with Crippen LogP contribution in [0.15, 0.2) is 22.7 Å². The first kappa shape index (κ1) is 19.8. The number of anilines is 1. The Balaban J connectivity index is 0.000000322. The van der Waals surface area contributed by atoms with Crippen LogP contribution in [-0.2, 0) is 9.53 Å². The zero-order chi connectivity index (χ0) is 17.5. The summed E-state index contributed by atoms with van der Waals surface area (Å²) in [6.45, 7) is 9.61. The molecule has 0 amide bonds. The van der Waals surface area contributed by atoms with Gasteiger partial charge in [0.05, 0.1) is 5.69 Å². The highest BCUT2D eigenvalue weighted by Crippen LogP contribution is 2.31. The second-order valence-electron chi connectivity index (χ2n) is 6.08. The van der Waals surface area contributed by atoms with Crippen molar-refractivity contribution in [1.29, 1.82) is 0 Å². The molecule has 23 heavy (non-hydrogen) atoms. The summed E-state index contributed by atoms with van der Waals surface area (Å²) in [6.07, 6.45) is -2.41. The molecular formula is C16H23BrF2N2O2. The Hall–Kier alpha value is -1.21. The summed E-state index contributed by atoms with van der Waals surface area (Å²) in [4.78, 5) is 11.8. The lowest BCUT2D eigenvalue weighted by atomic mass is 10.2. The topological polar surface area (TPSA) is 41.6 Å². The maximum absolute atomic E-state index is 12.5. The molecule has 0 saturated carbocycles. The van der Waals surface area contributed by atoms with Gasteiger partial charge < -0.3 is 15.0 Å². The average molecular weight is 393 g/mol. The van der Waals surface area contributed by atoms with Gasteiger partial charge in [-0.25, -0.2) is 8.78 Å². The highest BCUT2D eigenvalue weighted by atomic mass is 79.9. The summed E-state index contributed by atoms with van der Waals surface area (Å²) < 4.78 is 30.2. The van der Waals surface area contributed by atoms with Crippen molar-refractivity contribution in [2.24, 2.45) is 0 Å². The fourth-order valence-electron chi connectivity index (χ4n) is 1.97. The summed E-state index contributed by atoms with van der Waals surface area (Å²) in [7, 11) is 0. The molecule has 1 aromatic carbocycles. The molecule has 4 nitrogen and oxygen atoms in total. The lowest BCUT2D eigenvalue weighted by Crippen LogP contribution is -2.43. The fourth-order valence-corrected chi connectivity index (χ4v) is 2.61. The number of nitrogens with zero attached hydrogens (tertiary/aromatic N) is 1. The van der Waals surface area contributed by atoms with Crippen molar-refractivity contribution in [3.8, 4) is 0 Å². The number of piperazine rings is 1. The predicted octanol–water partition coefficient (Wildman–Crippen LogP) is 3.75. The third-order valence-corrected chi connectivity index (χ3v) is 3.72. The Bertz CT molecular complexity index is 501. The van der Waals surface area contributed by atoms with Crippen LogP contribution in [0.3, 0.4) is 0 Å². The van der Waals surface area contributed by atoms with Gasteiger partial charge in [-0.05, 0) is 48.8 Å². The number of hydrogen-bond donors (Lipinski definition) is 1. The molecule has 0 spiro atoms. The van der Waals surface area contributed by atoms with Crippen LogP contribution in [0.2, 0.25) is 0 Å². The van der Waals surface area contributed by atoms with Gasteiger partial charge in [0.25, 0.3) is 12.9 Å². The van der Waals surface area contributed by atoms with Crippen LogP contribution in [-0.4, -0.2) is 38.3 Å². The molecular weight excluding hydrogens is 370 g/mol. The van der Waals surface area contributed by atoms with E-state index in [1.807, 2.05) is 20.8 Å². The third kappa shape index (κ3) is 7.26. The van der Waals surface area contributed by atoms with Crippen molar-refractivity contribution in [3.05, 3.63) is 28.2 Å². The molecule has 1 saturated heterocycles. The molecule has 0 aliphatic carbocycles. The van der Waals surface area contributed by atoms with Crippen molar-refractivity contribution in [3.63, 3.8) is 0 Å². The number of carbonyl (C=O) groups excluding carboxylic acids is 1. The molecule has 0 radical (unpaired) electrons. The van der Waals surface area contributed by atoms with Crippen LogP contribution in [0, 0.1) is 0 Å². The number of ether oxygens (including phenoxy) is 1. The van der Waals surface area contributed by atoms with Gasteiger partial charge >= 0.3 is 0 Å². The summed E-state index contributed by atoms with van der Waals surface area (Å²) in [5.41, 5.74) is 0.735. The minimum Gasteiger partial charge on any atom is -0.462 e. The van der Waals surface area contributed by atoms with Gasteiger partial charge in [0, 0.05) is 36.2 Å². The van der Waals surface area contributed by atoms with E-state index in [2.05, 4.69) is 30.9 Å². The molecule has 0 unspecified atom stereocenters. The molecule has 2 rings (SSSR count). The van der Waals surface area contributed by atoms with Crippen LogP contribution in [0.4, 0.5) is 14.5 Å². The zero-order valence-corrected chi connectivity index (χ0v) is 15.2. The van der Waals surface area contributed by atoms with E-state index in [-0.39, 0.29) is 11.2 Å². The second kappa shape index (κ2) is 9.17. The molecule has 0 atom stereocenters. The van der Waals surface area contributed by atoms with Crippen LogP contribution in [0.1, 0.15) is 32.8 Å². The van der Waals surface area contributed by atoms with Crippen molar-refractivity contribution in [2.75, 3.05) is 31.1 Å². The van der Waals surface area contributed by atoms with Gasteiger partial charge in [-0.3, -0.25) is 4.79 Å². The van der Waals surface area contributed by atoms with Crippen LogP contribution in [0.25, 0.3) is 0 Å². The summed E-state index contributed by atoms with van der Waals surface area (Å²) in [5, 5.41) is 3.26. The molecule has 1 fully saturated rings. The smallest absolute Gasteiger partial charge is 0.293 e. The minimum atomic E-state index is -2.41. The van der Waals surface area contributed by atoms with E-state index in [1.54, 1.807) is 6.07 Å². The van der Waals surface area contributed by atoms with Gasteiger partial charge in [-0.2, -0.15) is 0 Å². The number of halogens is 3. The SMILES string of the molecule is CC(C)(C)OC=O.FC(F)c1ccc(N2CCNCC2)c(Br)c1. The van der Waals surface area contributed by atoms with E-state index < -0.39 is 6.43 Å². The molecule has 1 heterocycles. The number of rotatable bonds is 3. The molecule has 7 heteroatoms. The lowest BCUT2D eigenvalue weighted by Gasteiger charge is -2.30. The molecule has 1 aromatic rings. The second-order valence-corrected chi connectivity index (χ2v) is 6.93. The first-order chi connectivity index (χ1) is 10.7. The normalized spacial score (nSPS) is 15.0. The number of alkyl halides is 2. The maximum Gasteiger partial charge on any atom is 0.293 e. The highest BCUT2D eigenvalue weighted by molar-refractivity contribution is 9.10. The van der Waals surface area contributed by atoms with Crippen molar-refractivity contribution >= 4 is 28.1 Å². The first-order valence-corrected chi connectivity index (χ1v) is 8.18. The van der Waals surface area contributed by atoms with Gasteiger partial charge in [0.2, 0.25) is 0 Å². The Morgan fingerprint density at radius 1 is 1.30 bits per heavy atom. The Morgan fingerprint density at radius 3 is 2.30 bits per heavy atom. The van der Waals surface area contributed by atoms with Gasteiger partial charge in [0.1, 0.15) is 5.60 Å². The quantitative estimate of drug-likeness (QED) is 0.795. The van der Waals surface area contributed by atoms with Gasteiger partial charge in [-0.15, -0.1) is 0 Å². The van der Waals surface area contributed by atoms with E-state index in [1.165, 1.54) is 12.1 Å². The molecule has 0 aromatic heterocycles. The van der Waals surface area contributed by atoms with Crippen LogP contribution >= 0.6 is 15.9 Å². The third-order valence-electron chi connectivity index (χ3n) is 3.08. The van der Waals surface area contributed by atoms with Crippen molar-refractivity contribution in [2.45, 2.75) is 32.8 Å². The lowest BCUT2D eigenvalue weighted by molar-refractivity contribution is -0.138. The highest BCUT2D eigenvalue weighted by Gasteiger charge is 2.15. The van der Waals surface area contributed by atoms with E-state index >= 15 is 0 Å². The largest absolute Gasteiger partial charge is 0.462 e. The van der Waals surface area contributed by atoms with Gasteiger partial charge in [0.15, 0.2) is 0 Å². The van der Waals surface area contributed by atoms with E-state index in [0.29, 0.717) is 6.47 Å². The summed E-state index contributed by atoms with van der Waals surface area (Å²) in [6, 6.07) is 4.76. The van der Waals surface area contributed by atoms with Crippen molar-refractivity contribution < 1.29 is 18.3 Å². The summed E-state index contributed by atoms with van der Waals surface area (Å²) >= 11 is 3.36. The van der Waals surface area contributed by atoms with Crippen LogP contribution in [0.5, 0.6) is 0 Å². The monoisotopic (exact) mass is 392 g/mol.